The third-order valence-corrected chi connectivity index (χ3v) is 4.39. The SMILES string of the molecule is CC(c1ccc(-c2ccnc(CO)c2)cc1)N1CCCC1. The van der Waals surface area contributed by atoms with Gasteiger partial charge < -0.3 is 5.11 Å². The molecule has 1 atom stereocenters. The van der Waals surface area contributed by atoms with E-state index in [9.17, 15) is 5.11 Å². The zero-order valence-corrected chi connectivity index (χ0v) is 12.5. The minimum absolute atomic E-state index is 0.0160. The molecule has 1 saturated heterocycles. The minimum Gasteiger partial charge on any atom is -0.390 e. The molecule has 0 spiro atoms. The molecule has 1 aromatic carbocycles. The second-order valence-corrected chi connectivity index (χ2v) is 5.74. The summed E-state index contributed by atoms with van der Waals surface area (Å²) in [5.74, 6) is 0. The number of hydrogen-bond donors (Lipinski definition) is 1. The molecule has 110 valence electrons. The Kier molecular flexibility index (Phi) is 4.32. The Morgan fingerprint density at radius 3 is 2.48 bits per heavy atom. The summed E-state index contributed by atoms with van der Waals surface area (Å²) in [6.07, 6.45) is 4.40. The molecule has 1 fully saturated rings. The number of aromatic nitrogens is 1. The maximum Gasteiger partial charge on any atom is 0.0853 e. The van der Waals surface area contributed by atoms with Crippen LogP contribution in [0.15, 0.2) is 42.6 Å². The van der Waals surface area contributed by atoms with Gasteiger partial charge in [-0.2, -0.15) is 0 Å². The van der Waals surface area contributed by atoms with Gasteiger partial charge in [0, 0.05) is 12.2 Å². The number of nitrogens with zero attached hydrogens (tertiary/aromatic N) is 2. The van der Waals surface area contributed by atoms with Crippen LogP contribution in [0.5, 0.6) is 0 Å². The summed E-state index contributed by atoms with van der Waals surface area (Å²) in [5.41, 5.74) is 4.36. The van der Waals surface area contributed by atoms with Gasteiger partial charge in [-0.15, -0.1) is 0 Å². The first-order chi connectivity index (χ1) is 10.3. The maximum absolute atomic E-state index is 9.18. The van der Waals surface area contributed by atoms with E-state index in [4.69, 9.17) is 0 Å². The molecule has 1 unspecified atom stereocenters. The van der Waals surface area contributed by atoms with Crippen LogP contribution in [0.25, 0.3) is 11.1 Å². The standard InChI is InChI=1S/C18H22N2O/c1-14(20-10-2-3-11-20)15-4-6-16(7-5-15)17-8-9-19-18(12-17)13-21/h4-9,12,14,21H,2-3,10-11,13H2,1H3. The molecule has 2 heterocycles. The molecule has 3 heteroatoms. The molecule has 0 radical (unpaired) electrons. The lowest BCUT2D eigenvalue weighted by molar-refractivity contribution is 0.263. The lowest BCUT2D eigenvalue weighted by atomic mass is 10.0. The van der Waals surface area contributed by atoms with Gasteiger partial charge in [-0.25, -0.2) is 0 Å². The van der Waals surface area contributed by atoms with Crippen molar-refractivity contribution in [1.29, 1.82) is 0 Å². The molecule has 21 heavy (non-hydrogen) atoms. The molecule has 2 aromatic rings. The number of aliphatic hydroxyl groups excluding tert-OH is 1. The fourth-order valence-electron chi connectivity index (χ4n) is 3.04. The molecule has 3 rings (SSSR count). The predicted octanol–water partition coefficient (Wildman–Crippen LogP) is 3.40. The van der Waals surface area contributed by atoms with Gasteiger partial charge in [0.15, 0.2) is 0 Å². The minimum atomic E-state index is -0.0160. The van der Waals surface area contributed by atoms with Crippen LogP contribution >= 0.6 is 0 Å². The van der Waals surface area contributed by atoms with Gasteiger partial charge in [-0.05, 0) is 61.7 Å². The predicted molar refractivity (Wildman–Crippen MR) is 84.8 cm³/mol. The zero-order valence-electron chi connectivity index (χ0n) is 12.5. The van der Waals surface area contributed by atoms with Crippen molar-refractivity contribution in [3.05, 3.63) is 53.9 Å². The van der Waals surface area contributed by atoms with Crippen LogP contribution in [0.1, 0.15) is 37.1 Å². The van der Waals surface area contributed by atoms with E-state index in [1.54, 1.807) is 6.20 Å². The summed E-state index contributed by atoms with van der Waals surface area (Å²) in [4.78, 5) is 6.67. The molecule has 0 aliphatic carbocycles. The molecular weight excluding hydrogens is 260 g/mol. The van der Waals surface area contributed by atoms with Crippen LogP contribution in [0, 0.1) is 0 Å². The van der Waals surface area contributed by atoms with E-state index in [-0.39, 0.29) is 6.61 Å². The Hall–Kier alpha value is -1.71. The van der Waals surface area contributed by atoms with Crippen molar-refractivity contribution in [3.8, 4) is 11.1 Å². The Morgan fingerprint density at radius 1 is 1.10 bits per heavy atom. The lowest BCUT2D eigenvalue weighted by Gasteiger charge is -2.24. The van der Waals surface area contributed by atoms with Gasteiger partial charge in [0.1, 0.15) is 0 Å². The highest BCUT2D eigenvalue weighted by atomic mass is 16.3. The fraction of sp³-hybridized carbons (Fsp3) is 0.389. The number of aliphatic hydroxyl groups is 1. The highest BCUT2D eigenvalue weighted by Gasteiger charge is 2.19. The van der Waals surface area contributed by atoms with Crippen molar-refractivity contribution in [1.82, 2.24) is 9.88 Å². The fourth-order valence-corrected chi connectivity index (χ4v) is 3.04. The van der Waals surface area contributed by atoms with E-state index in [0.29, 0.717) is 11.7 Å². The Bertz CT molecular complexity index is 588. The second kappa shape index (κ2) is 6.37. The van der Waals surface area contributed by atoms with Crippen LogP contribution in [0.3, 0.4) is 0 Å². The molecule has 0 bridgehead atoms. The van der Waals surface area contributed by atoms with Crippen molar-refractivity contribution in [3.63, 3.8) is 0 Å². The first-order valence-electron chi connectivity index (χ1n) is 7.68. The van der Waals surface area contributed by atoms with Gasteiger partial charge in [0.25, 0.3) is 0 Å². The summed E-state index contributed by atoms with van der Waals surface area (Å²) < 4.78 is 0. The van der Waals surface area contributed by atoms with Gasteiger partial charge in [-0.3, -0.25) is 9.88 Å². The summed E-state index contributed by atoms with van der Waals surface area (Å²) in [7, 11) is 0. The summed E-state index contributed by atoms with van der Waals surface area (Å²) >= 11 is 0. The molecular formula is C18H22N2O. The average Bonchev–Trinajstić information content (AvgIpc) is 3.09. The monoisotopic (exact) mass is 282 g/mol. The van der Waals surface area contributed by atoms with Crippen molar-refractivity contribution in [2.24, 2.45) is 0 Å². The topological polar surface area (TPSA) is 36.4 Å². The van der Waals surface area contributed by atoms with Crippen LogP contribution in [-0.2, 0) is 6.61 Å². The van der Waals surface area contributed by atoms with Crippen LogP contribution in [-0.4, -0.2) is 28.1 Å². The Labute approximate surface area is 126 Å². The first-order valence-corrected chi connectivity index (χ1v) is 7.68. The Morgan fingerprint density at radius 2 is 1.81 bits per heavy atom. The third kappa shape index (κ3) is 3.14. The number of hydrogen-bond acceptors (Lipinski definition) is 3. The third-order valence-electron chi connectivity index (χ3n) is 4.39. The number of pyridine rings is 1. The van der Waals surface area contributed by atoms with E-state index in [1.807, 2.05) is 12.1 Å². The van der Waals surface area contributed by atoms with Gasteiger partial charge >= 0.3 is 0 Å². The highest BCUT2D eigenvalue weighted by molar-refractivity contribution is 5.63. The van der Waals surface area contributed by atoms with Crippen molar-refractivity contribution >= 4 is 0 Å². The van der Waals surface area contributed by atoms with Gasteiger partial charge in [-0.1, -0.05) is 24.3 Å². The molecule has 1 N–H and O–H groups in total. The summed E-state index contributed by atoms with van der Waals surface area (Å²) in [6, 6.07) is 13.2. The normalized spacial score (nSPS) is 17.0. The summed E-state index contributed by atoms with van der Waals surface area (Å²) in [5, 5.41) is 9.18. The average molecular weight is 282 g/mol. The second-order valence-electron chi connectivity index (χ2n) is 5.74. The number of benzene rings is 1. The van der Waals surface area contributed by atoms with E-state index in [1.165, 1.54) is 37.1 Å². The van der Waals surface area contributed by atoms with Crippen LogP contribution in [0.2, 0.25) is 0 Å². The Balaban J connectivity index is 1.79. The van der Waals surface area contributed by atoms with Crippen molar-refractivity contribution in [2.45, 2.75) is 32.4 Å². The van der Waals surface area contributed by atoms with Gasteiger partial charge in [0.2, 0.25) is 0 Å². The molecule has 0 amide bonds. The lowest BCUT2D eigenvalue weighted by Crippen LogP contribution is -2.23. The van der Waals surface area contributed by atoms with E-state index >= 15 is 0 Å². The van der Waals surface area contributed by atoms with E-state index in [0.717, 1.165) is 5.56 Å². The molecule has 0 saturated carbocycles. The van der Waals surface area contributed by atoms with E-state index in [2.05, 4.69) is 41.1 Å². The molecule has 1 aromatic heterocycles. The first kappa shape index (κ1) is 14.2. The van der Waals surface area contributed by atoms with Gasteiger partial charge in [0.05, 0.1) is 12.3 Å². The quantitative estimate of drug-likeness (QED) is 0.933. The van der Waals surface area contributed by atoms with Crippen LogP contribution in [0.4, 0.5) is 0 Å². The van der Waals surface area contributed by atoms with Crippen molar-refractivity contribution < 1.29 is 5.11 Å². The van der Waals surface area contributed by atoms with E-state index < -0.39 is 0 Å². The maximum atomic E-state index is 9.18. The van der Waals surface area contributed by atoms with Crippen LogP contribution < -0.4 is 0 Å². The largest absolute Gasteiger partial charge is 0.390 e. The molecule has 3 nitrogen and oxygen atoms in total. The zero-order chi connectivity index (χ0) is 14.7. The number of likely N-dealkylation sites (tertiary alicyclic amines) is 1. The highest BCUT2D eigenvalue weighted by Crippen LogP contribution is 2.27. The number of rotatable bonds is 4. The van der Waals surface area contributed by atoms with Crippen molar-refractivity contribution in [2.75, 3.05) is 13.1 Å². The summed E-state index contributed by atoms with van der Waals surface area (Å²) in [6.45, 7) is 4.70. The molecule has 1 aliphatic rings. The molecule has 1 aliphatic heterocycles. The smallest absolute Gasteiger partial charge is 0.0853 e.